The second kappa shape index (κ2) is 11.8. The van der Waals surface area contributed by atoms with Crippen LogP contribution in [0.1, 0.15) is 11.1 Å². The van der Waals surface area contributed by atoms with E-state index < -0.39 is 21.7 Å². The number of nitrogens with zero attached hydrogens (tertiary/aromatic N) is 4. The third-order valence-corrected chi connectivity index (χ3v) is 6.26. The zero-order chi connectivity index (χ0) is 27.1. The van der Waals surface area contributed by atoms with Gasteiger partial charge in [0.15, 0.2) is 10.3 Å². The summed E-state index contributed by atoms with van der Waals surface area (Å²) in [6, 6.07) is 11.8. The molecule has 2 amide bonds. The Morgan fingerprint density at radius 2 is 1.16 bits per heavy atom. The van der Waals surface area contributed by atoms with Crippen LogP contribution in [0.15, 0.2) is 71.4 Å². The van der Waals surface area contributed by atoms with Gasteiger partial charge in [-0.2, -0.15) is 0 Å². The molecule has 4 rings (SSSR count). The molecule has 2 heterocycles. The zero-order valence-corrected chi connectivity index (χ0v) is 20.8. The van der Waals surface area contributed by atoms with Crippen molar-refractivity contribution >= 4 is 68.3 Å². The summed E-state index contributed by atoms with van der Waals surface area (Å²) in [4.78, 5) is 53.8. The molecule has 0 fully saturated rings. The molecule has 2 aromatic carbocycles. The van der Waals surface area contributed by atoms with E-state index in [9.17, 15) is 29.8 Å². The van der Waals surface area contributed by atoms with Crippen molar-refractivity contribution in [1.29, 1.82) is 0 Å². The van der Waals surface area contributed by atoms with E-state index >= 15 is 0 Å². The summed E-state index contributed by atoms with van der Waals surface area (Å²) in [5, 5.41) is 31.0. The van der Waals surface area contributed by atoms with E-state index in [1.54, 1.807) is 22.9 Å². The monoisotopic (exact) mass is 548 g/mol. The summed E-state index contributed by atoms with van der Waals surface area (Å²) in [5.74, 6) is -0.918. The molecule has 4 aromatic rings. The molecule has 12 nitrogen and oxygen atoms in total. The molecule has 2 N–H and O–H groups in total. The van der Waals surface area contributed by atoms with E-state index in [4.69, 9.17) is 0 Å². The van der Waals surface area contributed by atoms with Gasteiger partial charge in [0.25, 0.3) is 11.4 Å². The predicted octanol–water partition coefficient (Wildman–Crippen LogP) is 5.39. The van der Waals surface area contributed by atoms with Crippen LogP contribution < -0.4 is 10.6 Å². The topological polar surface area (TPSA) is 170 Å². The highest BCUT2D eigenvalue weighted by Gasteiger charge is 2.12. The van der Waals surface area contributed by atoms with E-state index in [2.05, 4.69) is 20.6 Å². The summed E-state index contributed by atoms with van der Waals surface area (Å²) >= 11 is 2.37. The van der Waals surface area contributed by atoms with Gasteiger partial charge in [0.05, 0.1) is 9.85 Å². The van der Waals surface area contributed by atoms with Crippen LogP contribution in [0.5, 0.6) is 0 Å². The summed E-state index contributed by atoms with van der Waals surface area (Å²) in [7, 11) is 0. The fourth-order valence-electron chi connectivity index (χ4n) is 3.02. The molecule has 0 spiro atoms. The summed E-state index contributed by atoms with van der Waals surface area (Å²) < 4.78 is 0. The molecular weight excluding hydrogens is 532 g/mol. The van der Waals surface area contributed by atoms with Gasteiger partial charge in [0.2, 0.25) is 11.8 Å². The van der Waals surface area contributed by atoms with Gasteiger partial charge in [0, 0.05) is 47.2 Å². The lowest BCUT2D eigenvalue weighted by Gasteiger charge is -1.97. The zero-order valence-electron chi connectivity index (χ0n) is 19.1. The Labute approximate surface area is 222 Å². The molecule has 0 bridgehead atoms. The fraction of sp³-hybridized carbons (Fsp3) is 0. The quantitative estimate of drug-likeness (QED) is 0.159. The summed E-state index contributed by atoms with van der Waals surface area (Å²) in [6.07, 6.45) is 5.41. The fourth-order valence-corrected chi connectivity index (χ4v) is 4.43. The molecule has 190 valence electrons. The van der Waals surface area contributed by atoms with Crippen LogP contribution in [0.2, 0.25) is 0 Å². The number of non-ortho nitro benzene ring substituents is 2. The van der Waals surface area contributed by atoms with Crippen LogP contribution in [0, 0.1) is 20.2 Å². The Morgan fingerprint density at radius 1 is 0.737 bits per heavy atom. The molecule has 0 aliphatic rings. The lowest BCUT2D eigenvalue weighted by atomic mass is 10.2. The second-order valence-corrected chi connectivity index (χ2v) is 9.14. The molecule has 0 unspecified atom stereocenters. The highest BCUT2D eigenvalue weighted by molar-refractivity contribution is 7.15. The average molecular weight is 549 g/mol. The summed E-state index contributed by atoms with van der Waals surface area (Å²) in [5.41, 5.74) is 1.86. The molecule has 0 aliphatic heterocycles. The third kappa shape index (κ3) is 6.99. The van der Waals surface area contributed by atoms with E-state index in [1.165, 1.54) is 83.4 Å². The number of nitro benzene ring substituents is 2. The minimum atomic E-state index is -0.513. The highest BCUT2D eigenvalue weighted by Crippen LogP contribution is 2.28. The molecule has 0 atom stereocenters. The number of thiazole rings is 2. The standard InChI is InChI=1S/C24H16N6O6S2/c31-21(9-7-15-3-1-5-17(11-15)29(33)34)27-23-25-19(13-37-23)20-14-38-24(26-20)28-22(32)10-8-16-4-2-6-18(12-16)30(35)36/h1-14H,(H,25,27,31)(H,26,28,32). The molecule has 38 heavy (non-hydrogen) atoms. The summed E-state index contributed by atoms with van der Waals surface area (Å²) in [6.45, 7) is 0. The Hall–Kier alpha value is -5.08. The number of carbonyl (C=O) groups is 2. The van der Waals surface area contributed by atoms with Gasteiger partial charge >= 0.3 is 0 Å². The number of benzene rings is 2. The minimum Gasteiger partial charge on any atom is -0.298 e. The Balaban J connectivity index is 1.33. The van der Waals surface area contributed by atoms with Gasteiger partial charge in [-0.05, 0) is 23.3 Å². The van der Waals surface area contributed by atoms with Crippen molar-refractivity contribution in [3.05, 3.63) is 103 Å². The molecule has 14 heteroatoms. The highest BCUT2D eigenvalue weighted by atomic mass is 32.1. The Morgan fingerprint density at radius 3 is 1.55 bits per heavy atom. The first-order chi connectivity index (χ1) is 18.3. The second-order valence-electron chi connectivity index (χ2n) is 7.43. The predicted molar refractivity (Wildman–Crippen MR) is 145 cm³/mol. The maximum atomic E-state index is 12.2. The number of nitro groups is 2. The van der Waals surface area contributed by atoms with Gasteiger partial charge in [0.1, 0.15) is 11.4 Å². The lowest BCUT2D eigenvalue weighted by molar-refractivity contribution is -0.385. The van der Waals surface area contributed by atoms with E-state index in [0.29, 0.717) is 32.8 Å². The van der Waals surface area contributed by atoms with Crippen LogP contribution in [-0.2, 0) is 9.59 Å². The van der Waals surface area contributed by atoms with Gasteiger partial charge in [-0.1, -0.05) is 24.3 Å². The van der Waals surface area contributed by atoms with Crippen LogP contribution in [0.4, 0.5) is 21.6 Å². The molecule has 0 radical (unpaired) electrons. The number of hydrogen-bond donors (Lipinski definition) is 2. The van der Waals surface area contributed by atoms with Crippen molar-refractivity contribution in [3.63, 3.8) is 0 Å². The molecule has 0 aliphatic carbocycles. The van der Waals surface area contributed by atoms with Gasteiger partial charge in [-0.3, -0.25) is 40.5 Å². The Bertz CT molecular complexity index is 1470. The largest absolute Gasteiger partial charge is 0.298 e. The van der Waals surface area contributed by atoms with E-state index in [0.717, 1.165) is 0 Å². The smallest absolute Gasteiger partial charge is 0.270 e. The van der Waals surface area contributed by atoms with Crippen LogP contribution in [0.25, 0.3) is 23.5 Å². The normalized spacial score (nSPS) is 11.1. The van der Waals surface area contributed by atoms with Crippen LogP contribution in [-0.4, -0.2) is 31.6 Å². The number of anilines is 2. The number of nitrogens with one attached hydrogen (secondary N) is 2. The van der Waals surface area contributed by atoms with Gasteiger partial charge in [-0.25, -0.2) is 9.97 Å². The third-order valence-electron chi connectivity index (χ3n) is 4.75. The number of hydrogen-bond acceptors (Lipinski definition) is 10. The first-order valence-corrected chi connectivity index (χ1v) is 12.4. The number of aromatic nitrogens is 2. The minimum absolute atomic E-state index is 0.0746. The first-order valence-electron chi connectivity index (χ1n) is 10.7. The van der Waals surface area contributed by atoms with Crippen LogP contribution in [0.3, 0.4) is 0 Å². The maximum Gasteiger partial charge on any atom is 0.270 e. The van der Waals surface area contributed by atoms with Gasteiger partial charge < -0.3 is 0 Å². The van der Waals surface area contributed by atoms with E-state index in [1.807, 2.05) is 0 Å². The van der Waals surface area contributed by atoms with E-state index in [-0.39, 0.29) is 11.4 Å². The maximum absolute atomic E-state index is 12.2. The molecule has 0 saturated carbocycles. The number of amides is 2. The SMILES string of the molecule is O=C(C=Cc1cccc([N+](=O)[O-])c1)Nc1nc(-c2csc(NC(=O)C=Cc3cccc([N+](=O)[O-])c3)n2)cs1. The lowest BCUT2D eigenvalue weighted by Crippen LogP contribution is -2.07. The average Bonchev–Trinajstić information content (AvgIpc) is 3.56. The van der Waals surface area contributed by atoms with Crippen molar-refractivity contribution < 1.29 is 19.4 Å². The van der Waals surface area contributed by atoms with Crippen molar-refractivity contribution in [2.24, 2.45) is 0 Å². The van der Waals surface area contributed by atoms with Gasteiger partial charge in [-0.15, -0.1) is 22.7 Å². The van der Waals surface area contributed by atoms with Crippen molar-refractivity contribution in [1.82, 2.24) is 9.97 Å². The molecule has 0 saturated heterocycles. The van der Waals surface area contributed by atoms with Crippen molar-refractivity contribution in [2.75, 3.05) is 10.6 Å². The van der Waals surface area contributed by atoms with Crippen LogP contribution >= 0.6 is 22.7 Å². The number of rotatable bonds is 9. The van der Waals surface area contributed by atoms with Crippen molar-refractivity contribution in [3.8, 4) is 11.4 Å². The Kier molecular flexibility index (Phi) is 8.05. The molecule has 2 aromatic heterocycles. The number of carbonyl (C=O) groups excluding carboxylic acids is 2. The van der Waals surface area contributed by atoms with Crippen molar-refractivity contribution in [2.45, 2.75) is 0 Å². The first kappa shape index (κ1) is 26.0. The molecular formula is C24H16N6O6S2.